The number of hydrogen-bond donors (Lipinski definition) is 0. The Morgan fingerprint density at radius 1 is 1.25 bits per heavy atom. The van der Waals surface area contributed by atoms with E-state index in [4.69, 9.17) is 0 Å². The Morgan fingerprint density at radius 2 is 1.88 bits per heavy atom. The lowest BCUT2D eigenvalue weighted by molar-refractivity contribution is -0.134. The van der Waals surface area contributed by atoms with Crippen LogP contribution in [0.5, 0.6) is 0 Å². The molecule has 0 spiro atoms. The molecule has 2 rings (SSSR count). The molecule has 1 amide bonds. The monoisotopic (exact) mass is 373 g/mol. The summed E-state index contributed by atoms with van der Waals surface area (Å²) in [6.45, 7) is 9.11. The number of carbonyl (C=O) groups is 1. The fraction of sp³-hybridized carbons (Fsp3) is 0.688. The summed E-state index contributed by atoms with van der Waals surface area (Å²) in [5.41, 5.74) is 0. The molecule has 2 heterocycles. The van der Waals surface area contributed by atoms with E-state index >= 15 is 0 Å². The quantitative estimate of drug-likeness (QED) is 0.756. The molecule has 24 heavy (non-hydrogen) atoms. The van der Waals surface area contributed by atoms with Crippen LogP contribution >= 0.6 is 11.3 Å². The summed E-state index contributed by atoms with van der Waals surface area (Å²) < 4.78 is 24.5. The number of amides is 1. The molecule has 1 aliphatic rings. The summed E-state index contributed by atoms with van der Waals surface area (Å²) in [6.07, 6.45) is 1.22. The van der Waals surface area contributed by atoms with Gasteiger partial charge in [0.25, 0.3) is 0 Å². The number of piperazine rings is 1. The van der Waals surface area contributed by atoms with Crippen LogP contribution in [-0.2, 0) is 21.4 Å². The summed E-state index contributed by atoms with van der Waals surface area (Å²) in [5, 5.41) is 0. The summed E-state index contributed by atoms with van der Waals surface area (Å²) in [5.74, 6) is 0.0742. The predicted molar refractivity (Wildman–Crippen MR) is 97.6 cm³/mol. The van der Waals surface area contributed by atoms with Crippen LogP contribution in [0.25, 0.3) is 0 Å². The first-order valence-corrected chi connectivity index (χ1v) is 10.9. The third-order valence-corrected chi connectivity index (χ3v) is 6.57. The molecule has 0 unspecified atom stereocenters. The van der Waals surface area contributed by atoms with E-state index in [9.17, 15) is 13.2 Å². The summed E-state index contributed by atoms with van der Waals surface area (Å²) >= 11 is 1.76. The van der Waals surface area contributed by atoms with Crippen molar-refractivity contribution in [1.29, 1.82) is 0 Å². The van der Waals surface area contributed by atoms with Gasteiger partial charge in [0.1, 0.15) is 0 Å². The van der Waals surface area contributed by atoms with Gasteiger partial charge in [-0.15, -0.1) is 11.3 Å². The summed E-state index contributed by atoms with van der Waals surface area (Å²) in [4.78, 5) is 19.1. The lowest BCUT2D eigenvalue weighted by Crippen LogP contribution is -2.52. The van der Waals surface area contributed by atoms with Gasteiger partial charge in [-0.05, 0) is 32.9 Å². The molecule has 8 heteroatoms. The van der Waals surface area contributed by atoms with Crippen molar-refractivity contribution in [2.75, 3.05) is 39.0 Å². The van der Waals surface area contributed by atoms with E-state index in [0.717, 1.165) is 6.54 Å². The first-order valence-electron chi connectivity index (χ1n) is 8.19. The number of aryl methyl sites for hydroxylation is 1. The second-order valence-electron chi connectivity index (χ2n) is 6.55. The number of hydrogen-bond acceptors (Lipinski definition) is 5. The SMILES string of the molecule is Cc1ccc(CN(CC(=O)N2CCN(S(C)(=O)=O)CC2)C(C)C)s1. The van der Waals surface area contributed by atoms with Gasteiger partial charge in [-0.3, -0.25) is 9.69 Å². The van der Waals surface area contributed by atoms with Gasteiger partial charge in [0.15, 0.2) is 0 Å². The molecular weight excluding hydrogens is 346 g/mol. The van der Waals surface area contributed by atoms with E-state index in [1.165, 1.54) is 20.3 Å². The van der Waals surface area contributed by atoms with Crippen LogP contribution in [0.4, 0.5) is 0 Å². The average Bonchev–Trinajstić information content (AvgIpc) is 2.91. The number of sulfonamides is 1. The molecule has 1 fully saturated rings. The number of thiophene rings is 1. The molecule has 6 nitrogen and oxygen atoms in total. The number of carbonyl (C=O) groups excluding carboxylic acids is 1. The van der Waals surface area contributed by atoms with Gasteiger partial charge >= 0.3 is 0 Å². The van der Waals surface area contributed by atoms with Gasteiger partial charge < -0.3 is 4.90 Å². The first kappa shape index (κ1) is 19.4. The normalized spacial score (nSPS) is 17.0. The van der Waals surface area contributed by atoms with E-state index in [0.29, 0.717) is 32.7 Å². The Labute approximate surface area is 149 Å². The van der Waals surface area contributed by atoms with Crippen LogP contribution in [0.2, 0.25) is 0 Å². The van der Waals surface area contributed by atoms with Crippen molar-refractivity contribution < 1.29 is 13.2 Å². The Bertz CT molecular complexity index is 662. The van der Waals surface area contributed by atoms with Crippen LogP contribution in [-0.4, -0.2) is 73.5 Å². The Kier molecular flexibility index (Phi) is 6.41. The van der Waals surface area contributed by atoms with Gasteiger partial charge in [0, 0.05) is 48.5 Å². The molecule has 1 aromatic heterocycles. The second-order valence-corrected chi connectivity index (χ2v) is 9.91. The van der Waals surface area contributed by atoms with Gasteiger partial charge in [-0.2, -0.15) is 4.31 Å². The summed E-state index contributed by atoms with van der Waals surface area (Å²) in [6, 6.07) is 4.49. The fourth-order valence-electron chi connectivity index (χ4n) is 2.73. The van der Waals surface area contributed by atoms with Crippen LogP contribution in [0.1, 0.15) is 23.6 Å². The molecule has 1 aromatic rings. The fourth-order valence-corrected chi connectivity index (χ4v) is 4.48. The minimum Gasteiger partial charge on any atom is -0.339 e. The van der Waals surface area contributed by atoms with E-state index in [1.807, 2.05) is 0 Å². The van der Waals surface area contributed by atoms with Crippen molar-refractivity contribution >= 4 is 27.3 Å². The van der Waals surface area contributed by atoms with Crippen molar-refractivity contribution in [2.45, 2.75) is 33.4 Å². The molecule has 0 atom stereocenters. The molecule has 1 saturated heterocycles. The maximum Gasteiger partial charge on any atom is 0.236 e. The average molecular weight is 374 g/mol. The van der Waals surface area contributed by atoms with Gasteiger partial charge in [-0.25, -0.2) is 8.42 Å². The van der Waals surface area contributed by atoms with Crippen LogP contribution in [0.15, 0.2) is 12.1 Å². The molecule has 0 aliphatic carbocycles. The number of nitrogens with zero attached hydrogens (tertiary/aromatic N) is 3. The Balaban J connectivity index is 1.91. The zero-order valence-electron chi connectivity index (χ0n) is 14.9. The lowest BCUT2D eigenvalue weighted by atomic mass is 10.2. The van der Waals surface area contributed by atoms with Crippen molar-refractivity contribution in [3.05, 3.63) is 21.9 Å². The molecule has 1 aliphatic heterocycles. The van der Waals surface area contributed by atoms with Crippen LogP contribution < -0.4 is 0 Å². The molecule has 136 valence electrons. The smallest absolute Gasteiger partial charge is 0.236 e. The lowest BCUT2D eigenvalue weighted by Gasteiger charge is -2.35. The summed E-state index contributed by atoms with van der Waals surface area (Å²) in [7, 11) is -3.16. The maximum atomic E-state index is 12.6. The molecule has 0 aromatic carbocycles. The van der Waals surface area contributed by atoms with E-state index in [-0.39, 0.29) is 11.9 Å². The molecular formula is C16H27N3O3S2. The molecule has 0 radical (unpaired) electrons. The third kappa shape index (κ3) is 5.27. The van der Waals surface area contributed by atoms with Crippen LogP contribution in [0.3, 0.4) is 0 Å². The van der Waals surface area contributed by atoms with Crippen LogP contribution in [0, 0.1) is 6.92 Å². The highest BCUT2D eigenvalue weighted by Gasteiger charge is 2.27. The van der Waals surface area contributed by atoms with Crippen molar-refractivity contribution in [1.82, 2.24) is 14.1 Å². The molecule has 0 bridgehead atoms. The highest BCUT2D eigenvalue weighted by Crippen LogP contribution is 2.18. The third-order valence-electron chi connectivity index (χ3n) is 4.28. The Hall–Kier alpha value is -0.960. The van der Waals surface area contributed by atoms with Crippen molar-refractivity contribution in [3.63, 3.8) is 0 Å². The highest BCUT2D eigenvalue weighted by atomic mass is 32.2. The van der Waals surface area contributed by atoms with E-state index < -0.39 is 10.0 Å². The zero-order chi connectivity index (χ0) is 17.9. The largest absolute Gasteiger partial charge is 0.339 e. The highest BCUT2D eigenvalue weighted by molar-refractivity contribution is 7.88. The van der Waals surface area contributed by atoms with Gasteiger partial charge in [-0.1, -0.05) is 0 Å². The van der Waals surface area contributed by atoms with Gasteiger partial charge in [0.05, 0.1) is 12.8 Å². The second kappa shape index (κ2) is 7.95. The Morgan fingerprint density at radius 3 is 2.33 bits per heavy atom. The topological polar surface area (TPSA) is 60.9 Å². The zero-order valence-corrected chi connectivity index (χ0v) is 16.5. The van der Waals surface area contributed by atoms with Crippen molar-refractivity contribution in [2.24, 2.45) is 0 Å². The molecule has 0 saturated carbocycles. The van der Waals surface area contributed by atoms with Crippen molar-refractivity contribution in [3.8, 4) is 0 Å². The number of rotatable bonds is 6. The standard InChI is InChI=1S/C16H27N3O3S2/c1-13(2)18(11-15-6-5-14(3)23-15)12-16(20)17-7-9-19(10-8-17)24(4,21)22/h5-6,13H,7-12H2,1-4H3. The minimum atomic E-state index is -3.16. The maximum absolute atomic E-state index is 12.6. The van der Waals surface area contributed by atoms with E-state index in [1.54, 1.807) is 16.2 Å². The first-order chi connectivity index (χ1) is 11.2. The molecule has 0 N–H and O–H groups in total. The van der Waals surface area contributed by atoms with Gasteiger partial charge in [0.2, 0.25) is 15.9 Å². The van der Waals surface area contributed by atoms with E-state index in [2.05, 4.69) is 37.8 Å². The minimum absolute atomic E-state index is 0.0742. The predicted octanol–water partition coefficient (Wildman–Crippen LogP) is 1.37.